The molecule has 25 heavy (non-hydrogen) atoms. The number of benzene rings is 2. The molecule has 0 radical (unpaired) electrons. The Morgan fingerprint density at radius 1 is 0.840 bits per heavy atom. The number of para-hydroxylation sites is 1. The van der Waals surface area contributed by atoms with E-state index in [1.165, 1.54) is 16.8 Å². The molecule has 1 saturated heterocycles. The first-order valence-corrected chi connectivity index (χ1v) is 9.33. The number of rotatable bonds is 4. The van der Waals surface area contributed by atoms with Crippen molar-refractivity contribution in [2.24, 2.45) is 0 Å². The van der Waals surface area contributed by atoms with Crippen molar-refractivity contribution in [2.45, 2.75) is 13.3 Å². The van der Waals surface area contributed by atoms with Gasteiger partial charge in [-0.1, -0.05) is 31.2 Å². The molecule has 0 aliphatic carbocycles. The van der Waals surface area contributed by atoms with Gasteiger partial charge < -0.3 is 9.80 Å². The average molecular weight is 339 g/mol. The van der Waals surface area contributed by atoms with Gasteiger partial charge in [-0.25, -0.2) is 4.39 Å². The van der Waals surface area contributed by atoms with Gasteiger partial charge in [-0.3, -0.25) is 4.90 Å². The van der Waals surface area contributed by atoms with Crippen LogP contribution in [-0.4, -0.2) is 55.6 Å². The molecule has 1 fully saturated rings. The van der Waals surface area contributed by atoms with Gasteiger partial charge in [0.15, 0.2) is 0 Å². The summed E-state index contributed by atoms with van der Waals surface area (Å²) in [5.74, 6) is -0.153. The summed E-state index contributed by atoms with van der Waals surface area (Å²) in [6.45, 7) is 9.84. The fourth-order valence-corrected chi connectivity index (χ4v) is 4.01. The zero-order chi connectivity index (χ0) is 17.2. The molecule has 0 unspecified atom stereocenters. The lowest BCUT2D eigenvalue weighted by Crippen LogP contribution is -2.48. The van der Waals surface area contributed by atoms with Crippen LogP contribution in [0.1, 0.15) is 18.1 Å². The Morgan fingerprint density at radius 2 is 1.56 bits per heavy atom. The van der Waals surface area contributed by atoms with Gasteiger partial charge >= 0.3 is 0 Å². The van der Waals surface area contributed by atoms with Crippen LogP contribution >= 0.6 is 0 Å². The van der Waals surface area contributed by atoms with Crippen LogP contribution in [0.25, 0.3) is 0 Å². The van der Waals surface area contributed by atoms with Crippen molar-refractivity contribution in [3.05, 3.63) is 59.4 Å². The molecule has 2 heterocycles. The fraction of sp³-hybridized carbons (Fsp3) is 0.429. The second-order valence-corrected chi connectivity index (χ2v) is 7.01. The largest absolute Gasteiger partial charge is 0.340 e. The molecule has 0 amide bonds. The van der Waals surface area contributed by atoms with Gasteiger partial charge in [-0.15, -0.1) is 0 Å². The molecule has 0 N–H and O–H groups in total. The topological polar surface area (TPSA) is 9.72 Å². The van der Waals surface area contributed by atoms with E-state index in [0.29, 0.717) is 0 Å². The highest BCUT2D eigenvalue weighted by Gasteiger charge is 2.24. The first kappa shape index (κ1) is 16.6. The highest BCUT2D eigenvalue weighted by atomic mass is 19.1. The molecule has 3 nitrogen and oxygen atoms in total. The molecule has 2 aromatic carbocycles. The van der Waals surface area contributed by atoms with Crippen LogP contribution in [0.2, 0.25) is 0 Å². The maximum Gasteiger partial charge on any atom is 0.125 e. The molecule has 132 valence electrons. The molecule has 2 aliphatic heterocycles. The third-order valence-electron chi connectivity index (χ3n) is 5.55. The molecule has 0 saturated carbocycles. The minimum atomic E-state index is -0.153. The number of hydrogen-bond acceptors (Lipinski definition) is 3. The van der Waals surface area contributed by atoms with Gasteiger partial charge in [0.2, 0.25) is 0 Å². The Bertz CT molecular complexity index is 738. The second kappa shape index (κ2) is 7.14. The lowest BCUT2D eigenvalue weighted by Gasteiger charge is -2.38. The summed E-state index contributed by atoms with van der Waals surface area (Å²) in [7, 11) is 0. The van der Waals surface area contributed by atoms with E-state index in [1.807, 2.05) is 6.07 Å². The summed E-state index contributed by atoms with van der Waals surface area (Å²) in [5.41, 5.74) is 4.81. The van der Waals surface area contributed by atoms with Crippen molar-refractivity contribution in [1.82, 2.24) is 9.80 Å². The van der Waals surface area contributed by atoms with E-state index in [9.17, 15) is 4.39 Å². The van der Waals surface area contributed by atoms with Crippen molar-refractivity contribution >= 4 is 11.4 Å². The number of anilines is 2. The molecule has 0 spiro atoms. The van der Waals surface area contributed by atoms with E-state index in [1.54, 1.807) is 12.1 Å². The molecule has 0 atom stereocenters. The minimum Gasteiger partial charge on any atom is -0.340 e. The molecule has 2 aliphatic rings. The van der Waals surface area contributed by atoms with Gasteiger partial charge in [0.1, 0.15) is 5.82 Å². The standard InChI is InChI=1S/C21H26FN3/c1-2-23-9-11-24(12-10-23)13-14-25-20-6-4-3-5-17(20)15-18-7-8-19(22)16-21(18)25/h3-8,16H,2,9-15H2,1H3. The third kappa shape index (κ3) is 3.42. The summed E-state index contributed by atoms with van der Waals surface area (Å²) < 4.78 is 13.9. The van der Waals surface area contributed by atoms with E-state index in [0.717, 1.165) is 57.9 Å². The Labute approximate surface area is 149 Å². The predicted octanol–water partition coefficient (Wildman–Crippen LogP) is 3.51. The van der Waals surface area contributed by atoms with E-state index >= 15 is 0 Å². The normalized spacial score (nSPS) is 18.1. The van der Waals surface area contributed by atoms with Crippen molar-refractivity contribution in [3.8, 4) is 0 Å². The van der Waals surface area contributed by atoms with E-state index < -0.39 is 0 Å². The monoisotopic (exact) mass is 339 g/mol. The molecular weight excluding hydrogens is 313 g/mol. The Hall–Kier alpha value is -1.91. The van der Waals surface area contributed by atoms with Crippen LogP contribution in [0.15, 0.2) is 42.5 Å². The van der Waals surface area contributed by atoms with Gasteiger partial charge in [0.25, 0.3) is 0 Å². The zero-order valence-electron chi connectivity index (χ0n) is 14.9. The number of likely N-dealkylation sites (N-methyl/N-ethyl adjacent to an activating group) is 1. The summed E-state index contributed by atoms with van der Waals surface area (Å²) in [4.78, 5) is 7.34. The number of fused-ring (bicyclic) bond motifs is 2. The maximum atomic E-state index is 13.9. The molecule has 0 aromatic heterocycles. The summed E-state index contributed by atoms with van der Waals surface area (Å²) in [5, 5.41) is 0. The van der Waals surface area contributed by atoms with Gasteiger partial charge in [-0.05, 0) is 35.9 Å². The number of piperazine rings is 1. The predicted molar refractivity (Wildman–Crippen MR) is 101 cm³/mol. The van der Waals surface area contributed by atoms with E-state index in [2.05, 4.69) is 45.9 Å². The number of halogens is 1. The summed E-state index contributed by atoms with van der Waals surface area (Å²) >= 11 is 0. The first-order valence-electron chi connectivity index (χ1n) is 9.33. The maximum absolute atomic E-state index is 13.9. The number of hydrogen-bond donors (Lipinski definition) is 0. The minimum absolute atomic E-state index is 0.153. The lowest BCUT2D eigenvalue weighted by atomic mass is 9.95. The van der Waals surface area contributed by atoms with Crippen LogP contribution in [0.5, 0.6) is 0 Å². The van der Waals surface area contributed by atoms with Gasteiger partial charge in [-0.2, -0.15) is 0 Å². The Balaban J connectivity index is 1.53. The van der Waals surface area contributed by atoms with Gasteiger partial charge in [0.05, 0.1) is 0 Å². The Kier molecular flexibility index (Phi) is 4.73. The van der Waals surface area contributed by atoms with Crippen molar-refractivity contribution in [2.75, 3.05) is 50.7 Å². The first-order chi connectivity index (χ1) is 12.2. The fourth-order valence-electron chi connectivity index (χ4n) is 4.01. The van der Waals surface area contributed by atoms with Crippen LogP contribution in [0.3, 0.4) is 0 Å². The van der Waals surface area contributed by atoms with Crippen molar-refractivity contribution in [1.29, 1.82) is 0 Å². The molecule has 4 rings (SSSR count). The third-order valence-corrected chi connectivity index (χ3v) is 5.55. The van der Waals surface area contributed by atoms with Crippen molar-refractivity contribution < 1.29 is 4.39 Å². The number of nitrogens with zero attached hydrogens (tertiary/aromatic N) is 3. The van der Waals surface area contributed by atoms with Crippen LogP contribution in [0.4, 0.5) is 15.8 Å². The van der Waals surface area contributed by atoms with E-state index in [-0.39, 0.29) is 5.82 Å². The SMILES string of the molecule is CCN1CCN(CCN2c3ccccc3Cc3ccc(F)cc32)CC1. The Morgan fingerprint density at radius 3 is 2.36 bits per heavy atom. The van der Waals surface area contributed by atoms with E-state index in [4.69, 9.17) is 0 Å². The highest BCUT2D eigenvalue weighted by molar-refractivity contribution is 5.74. The smallest absolute Gasteiger partial charge is 0.125 e. The van der Waals surface area contributed by atoms with Crippen LogP contribution in [0, 0.1) is 5.82 Å². The molecule has 2 aromatic rings. The second-order valence-electron chi connectivity index (χ2n) is 7.01. The molecular formula is C21H26FN3. The zero-order valence-corrected chi connectivity index (χ0v) is 14.9. The quantitative estimate of drug-likeness (QED) is 0.844. The highest BCUT2D eigenvalue weighted by Crippen LogP contribution is 2.38. The lowest BCUT2D eigenvalue weighted by molar-refractivity contribution is 0.140. The van der Waals surface area contributed by atoms with Crippen LogP contribution < -0.4 is 4.90 Å². The average Bonchev–Trinajstić information content (AvgIpc) is 2.66. The van der Waals surface area contributed by atoms with Crippen LogP contribution in [-0.2, 0) is 6.42 Å². The van der Waals surface area contributed by atoms with Gasteiger partial charge in [0, 0.05) is 57.1 Å². The van der Waals surface area contributed by atoms with Crippen molar-refractivity contribution in [3.63, 3.8) is 0 Å². The summed E-state index contributed by atoms with van der Waals surface area (Å²) in [6, 6.07) is 13.7. The molecule has 4 heteroatoms. The molecule has 0 bridgehead atoms. The summed E-state index contributed by atoms with van der Waals surface area (Å²) in [6.07, 6.45) is 0.886.